The Labute approximate surface area is 74.9 Å². The fraction of sp³-hybridized carbons (Fsp3) is 0.143. The molecule has 1 aromatic rings. The Morgan fingerprint density at radius 2 is 2.50 bits per heavy atom. The van der Waals surface area contributed by atoms with E-state index in [-0.39, 0.29) is 0 Å². The molecule has 2 heterocycles. The van der Waals surface area contributed by atoms with Gasteiger partial charge in [-0.2, -0.15) is 4.90 Å². The molecule has 0 aliphatic carbocycles. The van der Waals surface area contributed by atoms with Crippen molar-refractivity contribution in [3.63, 3.8) is 0 Å². The lowest BCUT2D eigenvalue weighted by Gasteiger charge is -2.05. The molecule has 0 bridgehead atoms. The average Bonchev–Trinajstić information content (AvgIpc) is 2.77. The van der Waals surface area contributed by atoms with Crippen molar-refractivity contribution in [2.24, 2.45) is 0 Å². The second-order valence-electron chi connectivity index (χ2n) is 2.35. The highest BCUT2D eigenvalue weighted by Gasteiger charge is 2.18. The topological polar surface area (TPSA) is 35.2 Å². The minimum Gasteiger partial charge on any atom is -0.263 e. The molecule has 0 amide bonds. The van der Waals surface area contributed by atoms with Crippen LogP contribution in [0, 0.1) is 0 Å². The van der Waals surface area contributed by atoms with E-state index in [9.17, 15) is 0 Å². The fourth-order valence-electron chi connectivity index (χ4n) is 0.958. The van der Waals surface area contributed by atoms with E-state index in [1.54, 1.807) is 23.4 Å². The van der Waals surface area contributed by atoms with E-state index in [1.165, 1.54) is 0 Å². The molecule has 0 fully saturated rings. The van der Waals surface area contributed by atoms with E-state index >= 15 is 0 Å². The largest absolute Gasteiger partial charge is 0.340 e. The maximum absolute atomic E-state index is 5.17. The predicted octanol–water partition coefficient (Wildman–Crippen LogP) is -0.502. The fourth-order valence-corrected chi connectivity index (χ4v) is 1.19. The van der Waals surface area contributed by atoms with Crippen molar-refractivity contribution >= 4 is 29.9 Å². The van der Waals surface area contributed by atoms with E-state index in [4.69, 9.17) is 12.2 Å². The van der Waals surface area contributed by atoms with Gasteiger partial charge in [0, 0.05) is 12.4 Å². The highest BCUT2D eigenvalue weighted by molar-refractivity contribution is 7.80. The summed E-state index contributed by atoms with van der Waals surface area (Å²) in [6.07, 6.45) is 8.71. The number of imidazole rings is 1. The number of aromatic nitrogens is 2. The van der Waals surface area contributed by atoms with Crippen LogP contribution >= 0.6 is 12.2 Å². The van der Waals surface area contributed by atoms with Gasteiger partial charge in [0.2, 0.25) is 6.21 Å². The van der Waals surface area contributed by atoms with Gasteiger partial charge in [0.25, 0.3) is 5.11 Å². The molecule has 2 rings (SSSR count). The lowest BCUT2D eigenvalue weighted by molar-refractivity contribution is 0.724. The number of thiocarbonyl (C=S) groups is 1. The maximum atomic E-state index is 5.17. The Bertz CT molecular complexity index is 347. The Morgan fingerprint density at radius 3 is 3.08 bits per heavy atom. The molecule has 60 valence electrons. The number of hydrogen-bond acceptors (Lipinski definition) is 2. The summed E-state index contributed by atoms with van der Waals surface area (Å²) in [5.74, 6) is 0. The summed E-state index contributed by atoms with van der Waals surface area (Å²) in [6, 6.07) is 0. The van der Waals surface area contributed by atoms with Crippen LogP contribution in [-0.2, 0) is 0 Å². The van der Waals surface area contributed by atoms with Gasteiger partial charge >= 0.3 is 6.34 Å². The van der Waals surface area contributed by atoms with Gasteiger partial charge in [-0.05, 0) is 12.2 Å². The Morgan fingerprint density at radius 1 is 1.58 bits per heavy atom. The first-order valence-electron chi connectivity index (χ1n) is 3.52. The summed E-state index contributed by atoms with van der Waals surface area (Å²) in [6.45, 7) is 0.747. The predicted molar refractivity (Wildman–Crippen MR) is 51.2 cm³/mol. The molecule has 1 aliphatic rings. The molecule has 1 aromatic heterocycles. The van der Waals surface area contributed by atoms with Gasteiger partial charge < -0.3 is 0 Å². The summed E-state index contributed by atoms with van der Waals surface area (Å²) in [7, 11) is 0. The van der Waals surface area contributed by atoms with Crippen molar-refractivity contribution in [2.75, 3.05) is 6.54 Å². The Kier molecular flexibility index (Phi) is 1.74. The first-order valence-corrected chi connectivity index (χ1v) is 3.92. The van der Waals surface area contributed by atoms with Crippen molar-refractivity contribution < 1.29 is 0 Å². The minimum atomic E-state index is 0.699. The smallest absolute Gasteiger partial charge is 0.263 e. The molecule has 0 N–H and O–H groups in total. The first-order chi connectivity index (χ1) is 5.88. The van der Waals surface area contributed by atoms with Crippen LogP contribution in [0.2, 0.25) is 0 Å². The lowest BCUT2D eigenvalue weighted by atomic mass is 10.6. The zero-order valence-electron chi connectivity index (χ0n) is 6.29. The van der Waals surface area contributed by atoms with Gasteiger partial charge in [-0.3, -0.25) is 4.57 Å². The van der Waals surface area contributed by atoms with Crippen LogP contribution in [0.5, 0.6) is 0 Å². The van der Waals surface area contributed by atoms with Gasteiger partial charge in [-0.1, -0.05) is 0 Å². The third kappa shape index (κ3) is 1.15. The molecular formula is C7H7N4S+. The van der Waals surface area contributed by atoms with Crippen LogP contribution in [0.4, 0.5) is 0 Å². The first kappa shape index (κ1) is 7.21. The maximum Gasteiger partial charge on any atom is 0.340 e. The van der Waals surface area contributed by atoms with Crippen LogP contribution < -0.4 is 4.67 Å². The van der Waals surface area contributed by atoms with Crippen LogP contribution in [0.3, 0.4) is 0 Å². The summed E-state index contributed by atoms with van der Waals surface area (Å²) < 4.78 is 5.73. The van der Waals surface area contributed by atoms with Crippen molar-refractivity contribution in [3.8, 4) is 0 Å². The van der Waals surface area contributed by atoms with Crippen molar-refractivity contribution in [3.05, 3.63) is 18.7 Å². The highest BCUT2D eigenvalue weighted by atomic mass is 32.1. The normalized spacial score (nSPS) is 14.2. The third-order valence-corrected chi connectivity index (χ3v) is 2.01. The molecule has 0 saturated carbocycles. The molecule has 0 atom stereocenters. The third-order valence-electron chi connectivity index (χ3n) is 1.56. The zero-order chi connectivity index (χ0) is 8.39. The van der Waals surface area contributed by atoms with Gasteiger partial charge in [0.15, 0.2) is 6.54 Å². The SMILES string of the molecule is S=C(N1C=[N+]=CC1)n1ccnc1. The molecular weight excluding hydrogens is 172 g/mol. The minimum absolute atomic E-state index is 0.699. The van der Waals surface area contributed by atoms with E-state index in [0.717, 1.165) is 6.54 Å². The molecule has 4 nitrogen and oxygen atoms in total. The zero-order valence-corrected chi connectivity index (χ0v) is 7.11. The van der Waals surface area contributed by atoms with Crippen molar-refractivity contribution in [1.29, 1.82) is 0 Å². The van der Waals surface area contributed by atoms with Gasteiger partial charge in [0.05, 0.1) is 0 Å². The molecule has 12 heavy (non-hydrogen) atoms. The average molecular weight is 179 g/mol. The molecule has 0 spiro atoms. The molecule has 5 heteroatoms. The van der Waals surface area contributed by atoms with E-state index in [2.05, 4.69) is 9.65 Å². The van der Waals surface area contributed by atoms with Gasteiger partial charge in [0.1, 0.15) is 6.33 Å². The van der Waals surface area contributed by atoms with Crippen molar-refractivity contribution in [1.82, 2.24) is 19.1 Å². The summed E-state index contributed by atoms with van der Waals surface area (Å²) in [5, 5.41) is 0.699. The summed E-state index contributed by atoms with van der Waals surface area (Å²) in [5.41, 5.74) is 0. The molecule has 0 unspecified atom stereocenters. The molecule has 0 saturated heterocycles. The van der Waals surface area contributed by atoms with E-state index < -0.39 is 0 Å². The lowest BCUT2D eigenvalue weighted by Crippen LogP contribution is -2.31. The standard InChI is InChI=1S/C7H7N4S/c12-7(10-3-1-8-5-10)11-4-2-9-6-11/h1-3,5-6H,4H2/q+1. The number of hydrogen-bond donors (Lipinski definition) is 0. The second kappa shape index (κ2) is 2.89. The highest BCUT2D eigenvalue weighted by Crippen LogP contribution is 1.94. The molecule has 1 aliphatic heterocycles. The quantitative estimate of drug-likeness (QED) is 0.398. The van der Waals surface area contributed by atoms with E-state index in [0.29, 0.717) is 5.11 Å². The van der Waals surface area contributed by atoms with Crippen LogP contribution in [0.1, 0.15) is 0 Å². The Hall–Kier alpha value is -1.45. The van der Waals surface area contributed by atoms with Crippen molar-refractivity contribution in [2.45, 2.75) is 0 Å². The summed E-state index contributed by atoms with van der Waals surface area (Å²) in [4.78, 5) is 5.78. The number of nitrogens with zero attached hydrogens (tertiary/aromatic N) is 4. The monoisotopic (exact) mass is 179 g/mol. The van der Waals surface area contributed by atoms with Crippen LogP contribution in [-0.4, -0.2) is 38.7 Å². The second-order valence-corrected chi connectivity index (χ2v) is 2.72. The van der Waals surface area contributed by atoms with Gasteiger partial charge in [-0.15, -0.1) is 0 Å². The van der Waals surface area contributed by atoms with Gasteiger partial charge in [-0.25, -0.2) is 9.65 Å². The number of rotatable bonds is 0. The molecule has 0 radical (unpaired) electrons. The van der Waals surface area contributed by atoms with Crippen LogP contribution in [0.15, 0.2) is 18.7 Å². The molecule has 0 aromatic carbocycles. The summed E-state index contributed by atoms with van der Waals surface area (Å²) >= 11 is 5.17. The van der Waals surface area contributed by atoms with E-state index in [1.807, 2.05) is 17.3 Å². The Balaban J connectivity index is 2.16. The van der Waals surface area contributed by atoms with Crippen LogP contribution in [0.25, 0.3) is 0 Å².